The zero-order chi connectivity index (χ0) is 13.1. The molecule has 0 atom stereocenters. The van der Waals surface area contributed by atoms with E-state index in [-0.39, 0.29) is 17.9 Å². The summed E-state index contributed by atoms with van der Waals surface area (Å²) in [6.45, 7) is 2.54. The van der Waals surface area contributed by atoms with Gasteiger partial charge in [-0.3, -0.25) is 4.79 Å². The Morgan fingerprint density at radius 2 is 1.94 bits per heavy atom. The molecule has 0 fully saturated rings. The van der Waals surface area contributed by atoms with Crippen molar-refractivity contribution in [3.05, 3.63) is 22.2 Å². The zero-order valence-electron chi connectivity index (χ0n) is 9.70. The van der Waals surface area contributed by atoms with Crippen molar-refractivity contribution in [2.45, 2.75) is 6.92 Å². The lowest BCUT2D eigenvalue weighted by Crippen LogP contribution is -2.22. The summed E-state index contributed by atoms with van der Waals surface area (Å²) in [5, 5.41) is 0. The van der Waals surface area contributed by atoms with Gasteiger partial charge in [-0.05, 0) is 35.0 Å². The topological polar surface area (TPSA) is 61.8 Å². The summed E-state index contributed by atoms with van der Waals surface area (Å²) in [7, 11) is 0. The molecular formula is C12H11BrO5. The number of halogens is 1. The summed E-state index contributed by atoms with van der Waals surface area (Å²) in [5.74, 6) is -0.896. The van der Waals surface area contributed by atoms with E-state index in [2.05, 4.69) is 20.7 Å². The molecule has 1 aromatic rings. The lowest BCUT2D eigenvalue weighted by Gasteiger charge is -2.21. The van der Waals surface area contributed by atoms with Crippen LogP contribution in [-0.4, -0.2) is 31.6 Å². The molecule has 1 aromatic carbocycles. The fourth-order valence-corrected chi connectivity index (χ4v) is 2.02. The van der Waals surface area contributed by atoms with E-state index in [4.69, 9.17) is 9.47 Å². The van der Waals surface area contributed by atoms with Crippen LogP contribution in [0.2, 0.25) is 0 Å². The molecule has 0 saturated heterocycles. The number of ether oxygens (including phenoxy) is 3. The van der Waals surface area contributed by atoms with Crippen LogP contribution in [0.1, 0.15) is 17.3 Å². The number of rotatable bonds is 3. The van der Waals surface area contributed by atoms with Gasteiger partial charge in [0.2, 0.25) is 0 Å². The molecule has 1 heterocycles. The van der Waals surface area contributed by atoms with Crippen LogP contribution in [0.25, 0.3) is 0 Å². The highest BCUT2D eigenvalue weighted by Crippen LogP contribution is 2.40. The summed E-state index contributed by atoms with van der Waals surface area (Å²) in [6.07, 6.45) is 0. The SMILES string of the molecule is CCOC(=O)C(=O)c1ccc(Br)c2c1OCCO2. The lowest BCUT2D eigenvalue weighted by molar-refractivity contribution is -0.137. The van der Waals surface area contributed by atoms with Crippen LogP contribution < -0.4 is 9.47 Å². The monoisotopic (exact) mass is 314 g/mol. The molecule has 6 heteroatoms. The number of carbonyl (C=O) groups excluding carboxylic acids is 2. The highest BCUT2D eigenvalue weighted by atomic mass is 79.9. The van der Waals surface area contributed by atoms with Gasteiger partial charge in [0.05, 0.1) is 16.6 Å². The highest BCUT2D eigenvalue weighted by molar-refractivity contribution is 9.10. The van der Waals surface area contributed by atoms with E-state index in [1.165, 1.54) is 6.07 Å². The minimum Gasteiger partial charge on any atom is -0.485 e. The third-order valence-electron chi connectivity index (χ3n) is 2.35. The minimum atomic E-state index is -0.892. The van der Waals surface area contributed by atoms with Gasteiger partial charge < -0.3 is 14.2 Å². The highest BCUT2D eigenvalue weighted by Gasteiger charge is 2.27. The molecule has 0 saturated carbocycles. The quantitative estimate of drug-likeness (QED) is 0.485. The molecule has 0 spiro atoms. The Labute approximate surface area is 112 Å². The average Bonchev–Trinajstić information content (AvgIpc) is 2.39. The first-order valence-corrected chi connectivity index (χ1v) is 6.24. The number of hydrogen-bond donors (Lipinski definition) is 0. The van der Waals surface area contributed by atoms with Crippen molar-refractivity contribution >= 4 is 27.7 Å². The van der Waals surface area contributed by atoms with Crippen LogP contribution in [-0.2, 0) is 9.53 Å². The Morgan fingerprint density at radius 3 is 2.61 bits per heavy atom. The Morgan fingerprint density at radius 1 is 1.28 bits per heavy atom. The maximum atomic E-state index is 11.9. The smallest absolute Gasteiger partial charge is 0.379 e. The van der Waals surface area contributed by atoms with Gasteiger partial charge in [0.25, 0.3) is 5.78 Å². The van der Waals surface area contributed by atoms with Gasteiger partial charge in [0.1, 0.15) is 13.2 Å². The van der Waals surface area contributed by atoms with E-state index in [1.54, 1.807) is 13.0 Å². The third kappa shape index (κ3) is 2.33. The van der Waals surface area contributed by atoms with E-state index in [1.807, 2.05) is 0 Å². The molecule has 96 valence electrons. The van der Waals surface area contributed by atoms with E-state index in [0.29, 0.717) is 23.4 Å². The summed E-state index contributed by atoms with van der Waals surface area (Å²) in [6, 6.07) is 3.15. The molecule has 0 aliphatic carbocycles. The minimum absolute atomic E-state index is 0.153. The maximum absolute atomic E-state index is 11.9. The normalized spacial score (nSPS) is 13.0. The maximum Gasteiger partial charge on any atom is 0.379 e. The number of hydrogen-bond acceptors (Lipinski definition) is 5. The van der Waals surface area contributed by atoms with Crippen molar-refractivity contribution in [1.29, 1.82) is 0 Å². The molecule has 0 unspecified atom stereocenters. The van der Waals surface area contributed by atoms with Gasteiger partial charge >= 0.3 is 5.97 Å². The van der Waals surface area contributed by atoms with Crippen molar-refractivity contribution in [3.63, 3.8) is 0 Å². The van der Waals surface area contributed by atoms with Gasteiger partial charge in [-0.1, -0.05) is 0 Å². The van der Waals surface area contributed by atoms with Crippen molar-refractivity contribution in [2.24, 2.45) is 0 Å². The first kappa shape index (κ1) is 12.9. The summed E-state index contributed by atoms with van der Waals surface area (Å²) >= 11 is 3.30. The standard InChI is InChI=1S/C12H11BrO5/c1-2-16-12(15)9(14)7-3-4-8(13)11-10(7)17-5-6-18-11/h3-4H,2,5-6H2,1H3. The molecule has 2 rings (SSSR count). The van der Waals surface area contributed by atoms with Crippen LogP contribution in [0.3, 0.4) is 0 Å². The molecule has 0 N–H and O–H groups in total. The molecular weight excluding hydrogens is 304 g/mol. The fourth-order valence-electron chi connectivity index (χ4n) is 1.59. The Bertz CT molecular complexity index is 497. The molecule has 0 bridgehead atoms. The predicted octanol–water partition coefficient (Wildman–Crippen LogP) is 1.97. The van der Waals surface area contributed by atoms with E-state index < -0.39 is 11.8 Å². The molecule has 1 aliphatic rings. The van der Waals surface area contributed by atoms with Gasteiger partial charge in [0, 0.05) is 0 Å². The van der Waals surface area contributed by atoms with Gasteiger partial charge in [-0.2, -0.15) is 0 Å². The molecule has 0 amide bonds. The van der Waals surface area contributed by atoms with Crippen molar-refractivity contribution in [2.75, 3.05) is 19.8 Å². The van der Waals surface area contributed by atoms with Crippen molar-refractivity contribution < 1.29 is 23.8 Å². The third-order valence-corrected chi connectivity index (χ3v) is 2.97. The Hall–Kier alpha value is -1.56. The first-order chi connectivity index (χ1) is 8.65. The van der Waals surface area contributed by atoms with E-state index in [9.17, 15) is 9.59 Å². The van der Waals surface area contributed by atoms with Gasteiger partial charge in [-0.25, -0.2) is 4.79 Å². The Balaban J connectivity index is 2.39. The second-order valence-corrected chi connectivity index (χ2v) is 4.35. The number of ketones is 1. The van der Waals surface area contributed by atoms with E-state index in [0.717, 1.165) is 0 Å². The second-order valence-electron chi connectivity index (χ2n) is 3.50. The van der Waals surface area contributed by atoms with Crippen LogP contribution in [0.4, 0.5) is 0 Å². The Kier molecular flexibility index (Phi) is 3.86. The van der Waals surface area contributed by atoms with Crippen molar-refractivity contribution in [3.8, 4) is 11.5 Å². The number of Topliss-reactive ketones (excluding diaryl/α,β-unsaturated/α-hetero) is 1. The second kappa shape index (κ2) is 5.39. The number of carbonyl (C=O) groups is 2. The van der Waals surface area contributed by atoms with Crippen molar-refractivity contribution in [1.82, 2.24) is 0 Å². The lowest BCUT2D eigenvalue weighted by atomic mass is 10.1. The number of esters is 1. The molecule has 0 radical (unpaired) electrons. The van der Waals surface area contributed by atoms with Crippen LogP contribution in [0.15, 0.2) is 16.6 Å². The molecule has 0 aromatic heterocycles. The van der Waals surface area contributed by atoms with Crippen LogP contribution in [0.5, 0.6) is 11.5 Å². The largest absolute Gasteiger partial charge is 0.485 e. The zero-order valence-corrected chi connectivity index (χ0v) is 11.3. The van der Waals surface area contributed by atoms with Crippen LogP contribution >= 0.6 is 15.9 Å². The van der Waals surface area contributed by atoms with Gasteiger partial charge in [0.15, 0.2) is 11.5 Å². The number of benzene rings is 1. The average molecular weight is 315 g/mol. The first-order valence-electron chi connectivity index (χ1n) is 5.44. The summed E-state index contributed by atoms with van der Waals surface area (Å²) < 4.78 is 16.2. The predicted molar refractivity (Wildman–Crippen MR) is 66.1 cm³/mol. The fraction of sp³-hybridized carbons (Fsp3) is 0.333. The molecule has 1 aliphatic heterocycles. The van der Waals surface area contributed by atoms with Gasteiger partial charge in [-0.15, -0.1) is 0 Å². The molecule has 5 nitrogen and oxygen atoms in total. The summed E-state index contributed by atoms with van der Waals surface area (Å²) in [5.41, 5.74) is 0.159. The molecule has 18 heavy (non-hydrogen) atoms. The summed E-state index contributed by atoms with van der Waals surface area (Å²) in [4.78, 5) is 23.3. The van der Waals surface area contributed by atoms with Crippen LogP contribution in [0, 0.1) is 0 Å². The van der Waals surface area contributed by atoms with E-state index >= 15 is 0 Å². The number of fused-ring (bicyclic) bond motifs is 1.